The van der Waals surface area contributed by atoms with Gasteiger partial charge < -0.3 is 9.47 Å². The summed E-state index contributed by atoms with van der Waals surface area (Å²) in [5.74, 6) is 4.08. The first-order valence-corrected chi connectivity index (χ1v) is 8.43. The predicted octanol–water partition coefficient (Wildman–Crippen LogP) is 3.39. The van der Waals surface area contributed by atoms with Crippen LogP contribution >= 0.6 is 11.8 Å². The Balaban J connectivity index is 1.59. The molecule has 0 radical (unpaired) electrons. The Morgan fingerprint density at radius 3 is 2.78 bits per heavy atom. The Hall–Kier alpha value is -2.47. The molecule has 2 aliphatic rings. The maximum atomic E-state index is 6.10. The molecule has 0 spiro atoms. The molecule has 0 fully saturated rings. The molecule has 6 heteroatoms. The summed E-state index contributed by atoms with van der Waals surface area (Å²) < 4.78 is 14.0. The number of aromatic nitrogens is 3. The van der Waals surface area contributed by atoms with Crippen LogP contribution in [-0.2, 0) is 5.75 Å². The lowest BCUT2D eigenvalue weighted by atomic mass is 10.2. The van der Waals surface area contributed by atoms with E-state index in [4.69, 9.17) is 9.47 Å². The van der Waals surface area contributed by atoms with Crippen molar-refractivity contribution >= 4 is 11.8 Å². The molecule has 5 nitrogen and oxygen atoms in total. The highest BCUT2D eigenvalue weighted by atomic mass is 32.2. The van der Waals surface area contributed by atoms with Crippen molar-refractivity contribution in [3.63, 3.8) is 0 Å². The van der Waals surface area contributed by atoms with Gasteiger partial charge >= 0.3 is 0 Å². The smallest absolute Gasteiger partial charge is 0.192 e. The summed E-state index contributed by atoms with van der Waals surface area (Å²) >= 11 is 1.78. The molecular formula is C17H13N3O2S. The van der Waals surface area contributed by atoms with Gasteiger partial charge in [-0.3, -0.25) is 4.57 Å². The molecule has 3 heterocycles. The molecule has 0 amide bonds. The first-order chi connectivity index (χ1) is 11.4. The number of fused-ring (bicyclic) bond motifs is 4. The third-order valence-corrected chi connectivity index (χ3v) is 5.07. The van der Waals surface area contributed by atoms with Crippen LogP contribution in [0.2, 0.25) is 0 Å². The van der Waals surface area contributed by atoms with E-state index in [1.54, 1.807) is 11.8 Å². The zero-order chi connectivity index (χ0) is 15.2. The minimum atomic E-state index is -0.262. The monoisotopic (exact) mass is 323 g/mol. The first kappa shape index (κ1) is 13.0. The van der Waals surface area contributed by atoms with E-state index in [0.717, 1.165) is 34.6 Å². The average Bonchev–Trinajstić information content (AvgIpc) is 3.06. The standard InChI is InChI=1S/C17H13N3O2S/c1-4-8-15-11(5-1)20-16(10-23-15)18-19-17(20)14-9-21-12-6-2-3-7-13(12)22-14/h1-8,14H,9-10H2/t14-/m0/s1. The van der Waals surface area contributed by atoms with E-state index < -0.39 is 0 Å². The van der Waals surface area contributed by atoms with Crippen LogP contribution in [0, 0.1) is 0 Å². The molecule has 2 aliphatic heterocycles. The fraction of sp³-hybridized carbons (Fsp3) is 0.176. The fourth-order valence-electron chi connectivity index (χ4n) is 2.95. The van der Waals surface area contributed by atoms with Crippen molar-refractivity contribution < 1.29 is 9.47 Å². The van der Waals surface area contributed by atoms with Gasteiger partial charge in [0.15, 0.2) is 23.4 Å². The fourth-order valence-corrected chi connectivity index (χ4v) is 3.90. The van der Waals surface area contributed by atoms with Gasteiger partial charge in [0.1, 0.15) is 12.4 Å². The van der Waals surface area contributed by atoms with Crippen molar-refractivity contribution in [2.24, 2.45) is 0 Å². The lowest BCUT2D eigenvalue weighted by Gasteiger charge is -2.27. The van der Waals surface area contributed by atoms with Crippen molar-refractivity contribution in [1.82, 2.24) is 14.8 Å². The molecule has 23 heavy (non-hydrogen) atoms. The number of hydrogen-bond acceptors (Lipinski definition) is 5. The highest BCUT2D eigenvalue weighted by Gasteiger charge is 2.31. The molecular weight excluding hydrogens is 310 g/mol. The largest absolute Gasteiger partial charge is 0.485 e. The van der Waals surface area contributed by atoms with E-state index >= 15 is 0 Å². The summed E-state index contributed by atoms with van der Waals surface area (Å²) in [6.07, 6.45) is -0.262. The van der Waals surface area contributed by atoms with Crippen LogP contribution in [0.5, 0.6) is 11.5 Å². The van der Waals surface area contributed by atoms with Crippen LogP contribution in [0.4, 0.5) is 0 Å². The van der Waals surface area contributed by atoms with Crippen LogP contribution in [0.15, 0.2) is 53.4 Å². The molecule has 3 aromatic rings. The Labute approximate surface area is 137 Å². The Morgan fingerprint density at radius 1 is 1.00 bits per heavy atom. The topological polar surface area (TPSA) is 49.2 Å². The second kappa shape index (κ2) is 5.03. The molecule has 0 aliphatic carbocycles. The Bertz CT molecular complexity index is 893. The van der Waals surface area contributed by atoms with Gasteiger partial charge in [0.2, 0.25) is 0 Å². The van der Waals surface area contributed by atoms with Crippen LogP contribution in [0.1, 0.15) is 17.8 Å². The molecule has 0 N–H and O–H groups in total. The molecule has 114 valence electrons. The van der Waals surface area contributed by atoms with E-state index in [-0.39, 0.29) is 6.10 Å². The van der Waals surface area contributed by atoms with Gasteiger partial charge in [-0.1, -0.05) is 24.3 Å². The number of ether oxygens (including phenoxy) is 2. The van der Waals surface area contributed by atoms with Crippen molar-refractivity contribution in [3.05, 3.63) is 60.2 Å². The van der Waals surface area contributed by atoms with Crippen LogP contribution in [0.3, 0.4) is 0 Å². The molecule has 0 bridgehead atoms. The number of para-hydroxylation sites is 3. The lowest BCUT2D eigenvalue weighted by molar-refractivity contribution is 0.0836. The molecule has 0 saturated heterocycles. The van der Waals surface area contributed by atoms with Crippen molar-refractivity contribution in [2.45, 2.75) is 16.8 Å². The third kappa shape index (κ3) is 2.02. The second-order valence-electron chi connectivity index (χ2n) is 5.43. The van der Waals surface area contributed by atoms with Gasteiger partial charge in [0.05, 0.1) is 11.4 Å². The first-order valence-electron chi connectivity index (χ1n) is 7.45. The second-order valence-corrected chi connectivity index (χ2v) is 6.45. The maximum Gasteiger partial charge on any atom is 0.192 e. The summed E-state index contributed by atoms with van der Waals surface area (Å²) in [5.41, 5.74) is 1.11. The highest BCUT2D eigenvalue weighted by Crippen LogP contribution is 2.39. The van der Waals surface area contributed by atoms with E-state index in [0.29, 0.717) is 6.61 Å². The molecule has 5 rings (SSSR count). The average molecular weight is 323 g/mol. The number of benzene rings is 2. The Morgan fingerprint density at radius 2 is 1.83 bits per heavy atom. The summed E-state index contributed by atoms with van der Waals surface area (Å²) in [5, 5.41) is 8.73. The van der Waals surface area contributed by atoms with E-state index in [9.17, 15) is 0 Å². The molecule has 1 atom stereocenters. The minimum Gasteiger partial charge on any atom is -0.485 e. The normalized spacial score (nSPS) is 18.2. The van der Waals surface area contributed by atoms with Crippen molar-refractivity contribution in [2.75, 3.05) is 6.61 Å². The zero-order valence-corrected chi connectivity index (χ0v) is 13.0. The van der Waals surface area contributed by atoms with E-state index in [1.165, 1.54) is 4.90 Å². The lowest BCUT2D eigenvalue weighted by Crippen LogP contribution is -2.25. The number of nitrogens with zero attached hydrogens (tertiary/aromatic N) is 3. The molecule has 2 aromatic carbocycles. The van der Waals surface area contributed by atoms with Gasteiger partial charge in [0.25, 0.3) is 0 Å². The van der Waals surface area contributed by atoms with Crippen LogP contribution in [-0.4, -0.2) is 21.4 Å². The van der Waals surface area contributed by atoms with E-state index in [2.05, 4.69) is 33.0 Å². The summed E-state index contributed by atoms with van der Waals surface area (Å²) in [7, 11) is 0. The van der Waals surface area contributed by atoms with Gasteiger partial charge in [0, 0.05) is 4.90 Å². The molecule has 1 aromatic heterocycles. The zero-order valence-electron chi connectivity index (χ0n) is 12.2. The number of thioether (sulfide) groups is 1. The van der Waals surface area contributed by atoms with E-state index in [1.807, 2.05) is 30.3 Å². The third-order valence-electron chi connectivity index (χ3n) is 4.01. The quantitative estimate of drug-likeness (QED) is 0.687. The molecule has 0 saturated carbocycles. The predicted molar refractivity (Wildman–Crippen MR) is 86.2 cm³/mol. The highest BCUT2D eigenvalue weighted by molar-refractivity contribution is 7.98. The summed E-state index contributed by atoms with van der Waals surface area (Å²) in [4.78, 5) is 1.23. The summed E-state index contributed by atoms with van der Waals surface area (Å²) in [6, 6.07) is 16.0. The Kier molecular flexibility index (Phi) is 2.84. The van der Waals surface area contributed by atoms with Crippen LogP contribution < -0.4 is 9.47 Å². The maximum absolute atomic E-state index is 6.10. The number of rotatable bonds is 1. The minimum absolute atomic E-state index is 0.262. The summed E-state index contributed by atoms with van der Waals surface area (Å²) in [6.45, 7) is 0.435. The van der Waals surface area contributed by atoms with Gasteiger partial charge in [-0.25, -0.2) is 0 Å². The van der Waals surface area contributed by atoms with Gasteiger partial charge in [-0.2, -0.15) is 0 Å². The van der Waals surface area contributed by atoms with Gasteiger partial charge in [-0.15, -0.1) is 22.0 Å². The number of hydrogen-bond donors (Lipinski definition) is 0. The van der Waals surface area contributed by atoms with Crippen LogP contribution in [0.25, 0.3) is 5.69 Å². The van der Waals surface area contributed by atoms with Crippen molar-refractivity contribution in [3.8, 4) is 17.2 Å². The van der Waals surface area contributed by atoms with Gasteiger partial charge in [-0.05, 0) is 24.3 Å². The SMILES string of the molecule is c1ccc2c(c1)OC[C@@H](c1nnc3n1-c1ccccc1SC3)O2. The van der Waals surface area contributed by atoms with Crippen molar-refractivity contribution in [1.29, 1.82) is 0 Å². The molecule has 0 unspecified atom stereocenters.